The number of aryl methyl sites for hydroxylation is 1. The van der Waals surface area contributed by atoms with Crippen LogP contribution >= 0.6 is 0 Å². The lowest BCUT2D eigenvalue weighted by Crippen LogP contribution is -2.57. The number of carbonyl (C=O) groups excluding carboxylic acids is 3. The highest BCUT2D eigenvalue weighted by atomic mass is 16.4. The SMILES string of the molecule is Cc1ccc(C(=O)NC[C@H](NC(=O)c2ccc(-c3ccccc3)cn2)C(=O)N[C@@H](CC(C)C)B(O)O)cc1. The highest BCUT2D eigenvalue weighted by Crippen LogP contribution is 2.17. The second-order valence-corrected chi connectivity index (χ2v) is 9.56. The summed E-state index contributed by atoms with van der Waals surface area (Å²) in [6.07, 6.45) is 1.88. The van der Waals surface area contributed by atoms with Gasteiger partial charge in [-0.1, -0.05) is 67.9 Å². The number of carbonyl (C=O) groups is 3. The fraction of sp³-hybridized carbons (Fsp3) is 0.286. The molecule has 0 radical (unpaired) electrons. The zero-order valence-corrected chi connectivity index (χ0v) is 21.7. The van der Waals surface area contributed by atoms with Gasteiger partial charge in [-0.3, -0.25) is 19.4 Å². The van der Waals surface area contributed by atoms with Gasteiger partial charge in [0, 0.05) is 23.9 Å². The van der Waals surface area contributed by atoms with Crippen LogP contribution < -0.4 is 16.0 Å². The molecule has 1 aromatic heterocycles. The molecule has 0 aliphatic rings. The number of rotatable bonds is 11. The number of nitrogens with one attached hydrogen (secondary N) is 3. The van der Waals surface area contributed by atoms with E-state index < -0.39 is 36.8 Å². The van der Waals surface area contributed by atoms with E-state index >= 15 is 0 Å². The van der Waals surface area contributed by atoms with Gasteiger partial charge in [0.1, 0.15) is 11.7 Å². The Morgan fingerprint density at radius 1 is 0.868 bits per heavy atom. The molecular weight excluding hydrogens is 483 g/mol. The molecule has 10 heteroatoms. The van der Waals surface area contributed by atoms with E-state index in [9.17, 15) is 24.4 Å². The fourth-order valence-corrected chi connectivity index (χ4v) is 3.82. The molecule has 0 unspecified atom stereocenters. The second kappa shape index (κ2) is 13.5. The van der Waals surface area contributed by atoms with Crippen LogP contribution in [0, 0.1) is 12.8 Å². The Morgan fingerprint density at radius 2 is 1.55 bits per heavy atom. The molecule has 2 aromatic carbocycles. The van der Waals surface area contributed by atoms with E-state index in [1.54, 1.807) is 42.6 Å². The summed E-state index contributed by atoms with van der Waals surface area (Å²) in [5.41, 5.74) is 3.27. The molecular formula is C28H33BN4O5. The van der Waals surface area contributed by atoms with Crippen molar-refractivity contribution >= 4 is 24.8 Å². The number of hydrogen-bond donors (Lipinski definition) is 5. The van der Waals surface area contributed by atoms with Crippen molar-refractivity contribution in [1.82, 2.24) is 20.9 Å². The van der Waals surface area contributed by atoms with Crippen molar-refractivity contribution in [3.05, 3.63) is 89.7 Å². The average Bonchev–Trinajstić information content (AvgIpc) is 2.91. The summed E-state index contributed by atoms with van der Waals surface area (Å²) in [7, 11) is -1.79. The fourth-order valence-electron chi connectivity index (χ4n) is 3.82. The van der Waals surface area contributed by atoms with Crippen LogP contribution in [0.2, 0.25) is 0 Å². The predicted molar refractivity (Wildman–Crippen MR) is 146 cm³/mol. The molecule has 0 fully saturated rings. The summed E-state index contributed by atoms with van der Waals surface area (Å²) in [4.78, 5) is 43.0. The van der Waals surface area contributed by atoms with E-state index in [0.29, 0.717) is 12.0 Å². The van der Waals surface area contributed by atoms with Crippen LogP contribution in [0.4, 0.5) is 0 Å². The van der Waals surface area contributed by atoms with Crippen molar-refractivity contribution in [1.29, 1.82) is 0 Å². The normalized spacial score (nSPS) is 12.4. The summed E-state index contributed by atoms with van der Waals surface area (Å²) in [5.74, 6) is -2.56. The van der Waals surface area contributed by atoms with Crippen LogP contribution in [0.3, 0.4) is 0 Å². The molecule has 0 aliphatic heterocycles. The van der Waals surface area contributed by atoms with Crippen molar-refractivity contribution < 1.29 is 24.4 Å². The van der Waals surface area contributed by atoms with Gasteiger partial charge in [-0.25, -0.2) is 0 Å². The van der Waals surface area contributed by atoms with Crippen molar-refractivity contribution in [2.24, 2.45) is 5.92 Å². The lowest BCUT2D eigenvalue weighted by atomic mass is 9.75. The van der Waals surface area contributed by atoms with Crippen molar-refractivity contribution in [3.8, 4) is 11.1 Å². The van der Waals surface area contributed by atoms with Crippen molar-refractivity contribution in [2.75, 3.05) is 6.54 Å². The molecule has 3 rings (SSSR count). The number of hydrogen-bond acceptors (Lipinski definition) is 6. The first-order valence-electron chi connectivity index (χ1n) is 12.5. The summed E-state index contributed by atoms with van der Waals surface area (Å²) < 4.78 is 0. The summed E-state index contributed by atoms with van der Waals surface area (Å²) >= 11 is 0. The van der Waals surface area contributed by atoms with Gasteiger partial charge in [0.25, 0.3) is 11.8 Å². The summed E-state index contributed by atoms with van der Waals surface area (Å²) in [6, 6.07) is 18.6. The van der Waals surface area contributed by atoms with Gasteiger partial charge in [-0.2, -0.15) is 0 Å². The van der Waals surface area contributed by atoms with E-state index in [2.05, 4.69) is 20.9 Å². The largest absolute Gasteiger partial charge is 0.475 e. The highest BCUT2D eigenvalue weighted by molar-refractivity contribution is 6.43. The topological polar surface area (TPSA) is 141 Å². The third-order valence-corrected chi connectivity index (χ3v) is 5.92. The van der Waals surface area contributed by atoms with Crippen molar-refractivity contribution in [2.45, 2.75) is 39.2 Å². The van der Waals surface area contributed by atoms with E-state index in [0.717, 1.165) is 16.7 Å². The molecule has 198 valence electrons. The van der Waals surface area contributed by atoms with Crippen LogP contribution in [-0.4, -0.2) is 58.4 Å². The van der Waals surface area contributed by atoms with Crippen LogP contribution in [0.1, 0.15) is 46.7 Å². The summed E-state index contributed by atoms with van der Waals surface area (Å²) in [5, 5.41) is 27.3. The van der Waals surface area contributed by atoms with E-state index in [1.807, 2.05) is 51.1 Å². The molecule has 0 aliphatic carbocycles. The number of aromatic nitrogens is 1. The Kier molecular flexibility index (Phi) is 10.1. The molecule has 0 bridgehead atoms. The quantitative estimate of drug-likeness (QED) is 0.248. The Bertz CT molecular complexity index is 1220. The molecule has 38 heavy (non-hydrogen) atoms. The Morgan fingerprint density at radius 3 is 2.13 bits per heavy atom. The maximum Gasteiger partial charge on any atom is 0.475 e. The van der Waals surface area contributed by atoms with E-state index in [-0.39, 0.29) is 18.2 Å². The number of nitrogens with zero attached hydrogens (tertiary/aromatic N) is 1. The van der Waals surface area contributed by atoms with Gasteiger partial charge in [0.15, 0.2) is 0 Å². The standard InChI is InChI=1S/C28H33BN4O5/c1-18(2)15-25(29(37)38)33-28(36)24(17-31-26(34)21-11-9-19(3)10-12-21)32-27(35)23-14-13-22(16-30-23)20-7-5-4-6-8-20/h4-14,16,18,24-25,37-38H,15,17H2,1-3H3,(H,31,34)(H,32,35)(H,33,36)/t24-,25-/m0/s1. The third-order valence-electron chi connectivity index (χ3n) is 5.92. The third kappa shape index (κ3) is 8.26. The van der Waals surface area contributed by atoms with Crippen LogP contribution in [-0.2, 0) is 4.79 Å². The maximum atomic E-state index is 13.1. The molecule has 3 amide bonds. The first-order chi connectivity index (χ1) is 18.1. The lowest BCUT2D eigenvalue weighted by Gasteiger charge is -2.24. The van der Waals surface area contributed by atoms with Crippen LogP contribution in [0.25, 0.3) is 11.1 Å². The van der Waals surface area contributed by atoms with Crippen molar-refractivity contribution in [3.63, 3.8) is 0 Å². The predicted octanol–water partition coefficient (Wildman–Crippen LogP) is 2.13. The minimum atomic E-state index is -1.79. The Labute approximate surface area is 222 Å². The molecule has 9 nitrogen and oxygen atoms in total. The molecule has 0 saturated heterocycles. The molecule has 0 saturated carbocycles. The van der Waals surface area contributed by atoms with Gasteiger partial charge in [-0.05, 0) is 43.0 Å². The van der Waals surface area contributed by atoms with E-state index in [1.165, 1.54) is 0 Å². The van der Waals surface area contributed by atoms with Gasteiger partial charge in [0.05, 0.1) is 5.94 Å². The summed E-state index contributed by atoms with van der Waals surface area (Å²) in [6.45, 7) is 5.45. The van der Waals surface area contributed by atoms with E-state index in [4.69, 9.17) is 0 Å². The molecule has 3 aromatic rings. The Hall–Kier alpha value is -4.02. The van der Waals surface area contributed by atoms with Crippen LogP contribution in [0.15, 0.2) is 72.9 Å². The van der Waals surface area contributed by atoms with Gasteiger partial charge in [0.2, 0.25) is 5.91 Å². The minimum Gasteiger partial charge on any atom is -0.426 e. The molecule has 5 N–H and O–H groups in total. The van der Waals surface area contributed by atoms with Crippen LogP contribution in [0.5, 0.6) is 0 Å². The molecule has 1 heterocycles. The first-order valence-corrected chi connectivity index (χ1v) is 12.5. The maximum absolute atomic E-state index is 13.1. The monoisotopic (exact) mass is 516 g/mol. The van der Waals surface area contributed by atoms with Gasteiger partial charge in [-0.15, -0.1) is 0 Å². The molecule has 2 atom stereocenters. The molecule has 0 spiro atoms. The zero-order chi connectivity index (χ0) is 27.7. The average molecular weight is 516 g/mol. The lowest BCUT2D eigenvalue weighted by molar-refractivity contribution is -0.123. The first kappa shape index (κ1) is 28.6. The number of amides is 3. The number of benzene rings is 2. The Balaban J connectivity index is 1.75. The zero-order valence-electron chi connectivity index (χ0n) is 21.7. The van der Waals surface area contributed by atoms with Gasteiger partial charge < -0.3 is 26.0 Å². The number of pyridine rings is 1. The van der Waals surface area contributed by atoms with Gasteiger partial charge >= 0.3 is 7.12 Å². The smallest absolute Gasteiger partial charge is 0.426 e. The second-order valence-electron chi connectivity index (χ2n) is 9.56. The highest BCUT2D eigenvalue weighted by Gasteiger charge is 2.30. The minimum absolute atomic E-state index is 0.0729.